The highest BCUT2D eigenvalue weighted by Crippen LogP contribution is 2.41. The molecule has 0 unspecified atom stereocenters. The minimum absolute atomic E-state index is 0.216. The number of likely N-dealkylation sites (tertiary alicyclic amines) is 1. The van der Waals surface area contributed by atoms with E-state index in [9.17, 15) is 13.2 Å². The molecule has 5 nitrogen and oxygen atoms in total. The van der Waals surface area contributed by atoms with Gasteiger partial charge in [0, 0.05) is 5.41 Å². The van der Waals surface area contributed by atoms with E-state index in [0.29, 0.717) is 0 Å². The lowest BCUT2D eigenvalue weighted by molar-refractivity contribution is -0.172. The number of carbonyl (C=O) groups excluding carboxylic acids is 1. The van der Waals surface area contributed by atoms with Crippen LogP contribution in [0.15, 0.2) is 40.6 Å². The molecule has 1 atom stereocenters. The van der Waals surface area contributed by atoms with Crippen LogP contribution in [-0.2, 0) is 19.4 Å². The molecular formula is C23H35NO4S. The van der Waals surface area contributed by atoms with Gasteiger partial charge in [-0.2, -0.15) is 0 Å². The van der Waals surface area contributed by atoms with Gasteiger partial charge in [-0.05, 0) is 77.2 Å². The fourth-order valence-electron chi connectivity index (χ4n) is 3.75. The monoisotopic (exact) mass is 421 g/mol. The summed E-state index contributed by atoms with van der Waals surface area (Å²) in [5.41, 5.74) is -1.42. The number of carbonyl (C=O) groups is 1. The molecule has 1 aliphatic rings. The van der Waals surface area contributed by atoms with Crippen molar-refractivity contribution < 1.29 is 17.9 Å². The van der Waals surface area contributed by atoms with Crippen molar-refractivity contribution in [1.29, 1.82) is 0 Å². The second-order valence-electron chi connectivity index (χ2n) is 9.87. The maximum Gasteiger partial charge on any atom is 0.331 e. The summed E-state index contributed by atoms with van der Waals surface area (Å²) in [6.45, 7) is 14.7. The quantitative estimate of drug-likeness (QED) is 0.655. The number of hydrogen-bond acceptors (Lipinski definition) is 5. The van der Waals surface area contributed by atoms with Crippen LogP contribution in [0, 0.1) is 12.3 Å². The van der Waals surface area contributed by atoms with Gasteiger partial charge in [-0.25, -0.2) is 13.2 Å². The first-order chi connectivity index (χ1) is 13.2. The van der Waals surface area contributed by atoms with Gasteiger partial charge in [0.2, 0.25) is 0 Å². The summed E-state index contributed by atoms with van der Waals surface area (Å²) >= 11 is 0. The Morgan fingerprint density at radius 2 is 1.52 bits per heavy atom. The van der Waals surface area contributed by atoms with Crippen molar-refractivity contribution in [2.45, 2.75) is 77.3 Å². The van der Waals surface area contributed by atoms with Gasteiger partial charge in [0.25, 0.3) is 0 Å². The summed E-state index contributed by atoms with van der Waals surface area (Å²) in [6.07, 6.45) is 3.50. The maximum absolute atomic E-state index is 13.5. The Balaban J connectivity index is 2.58. The van der Waals surface area contributed by atoms with Gasteiger partial charge in [-0.3, -0.25) is 4.90 Å². The molecule has 2 rings (SSSR count). The molecule has 0 amide bonds. The summed E-state index contributed by atoms with van der Waals surface area (Å²) < 4.78 is 31.8. The van der Waals surface area contributed by atoms with E-state index in [1.165, 1.54) is 5.41 Å². The third-order valence-corrected chi connectivity index (χ3v) is 6.72. The number of rotatable bonds is 5. The van der Waals surface area contributed by atoms with Crippen LogP contribution in [0.2, 0.25) is 0 Å². The number of ether oxygens (including phenoxy) is 1. The maximum atomic E-state index is 13.5. The van der Waals surface area contributed by atoms with E-state index >= 15 is 0 Å². The molecule has 162 valence electrons. The van der Waals surface area contributed by atoms with Crippen LogP contribution in [0.3, 0.4) is 0 Å². The predicted molar refractivity (Wildman–Crippen MR) is 116 cm³/mol. The average molecular weight is 422 g/mol. The molecule has 1 aliphatic heterocycles. The fourth-order valence-corrected chi connectivity index (χ4v) is 4.80. The van der Waals surface area contributed by atoms with Crippen molar-refractivity contribution in [2.75, 3.05) is 13.1 Å². The number of aryl methyl sites for hydroxylation is 1. The lowest BCUT2D eigenvalue weighted by Gasteiger charge is -2.47. The van der Waals surface area contributed by atoms with Crippen LogP contribution < -0.4 is 0 Å². The van der Waals surface area contributed by atoms with Gasteiger partial charge in [0.1, 0.15) is 11.1 Å². The molecule has 1 fully saturated rings. The summed E-state index contributed by atoms with van der Waals surface area (Å²) in [6, 6.07) is 6.73. The summed E-state index contributed by atoms with van der Waals surface area (Å²) in [5.74, 6) is -0.408. The smallest absolute Gasteiger partial charge is 0.331 e. The van der Waals surface area contributed by atoms with Gasteiger partial charge in [-0.15, -0.1) is 0 Å². The molecule has 1 heterocycles. The highest BCUT2D eigenvalue weighted by molar-refractivity contribution is 7.94. The molecule has 0 saturated carbocycles. The van der Waals surface area contributed by atoms with Crippen molar-refractivity contribution in [3.63, 3.8) is 0 Å². The Morgan fingerprint density at radius 1 is 1.00 bits per heavy atom. The Hall–Kier alpha value is -1.66. The van der Waals surface area contributed by atoms with Crippen molar-refractivity contribution in [3.05, 3.63) is 41.3 Å². The Labute approximate surface area is 176 Å². The normalized spacial score (nSPS) is 18.7. The number of esters is 1. The first-order valence-electron chi connectivity index (χ1n) is 10.2. The van der Waals surface area contributed by atoms with Crippen molar-refractivity contribution in [3.8, 4) is 0 Å². The van der Waals surface area contributed by atoms with Crippen LogP contribution in [-0.4, -0.2) is 43.5 Å². The van der Waals surface area contributed by atoms with Gasteiger partial charge in [0.15, 0.2) is 9.84 Å². The van der Waals surface area contributed by atoms with Gasteiger partial charge in [-0.1, -0.05) is 38.5 Å². The van der Waals surface area contributed by atoms with E-state index in [1.54, 1.807) is 30.3 Å². The van der Waals surface area contributed by atoms with Crippen molar-refractivity contribution >= 4 is 15.8 Å². The number of hydrogen-bond donors (Lipinski definition) is 0. The topological polar surface area (TPSA) is 63.7 Å². The van der Waals surface area contributed by atoms with Crippen LogP contribution in [0.25, 0.3) is 0 Å². The minimum atomic E-state index is -3.69. The lowest BCUT2D eigenvalue weighted by Crippen LogP contribution is -2.62. The van der Waals surface area contributed by atoms with Crippen LogP contribution in [0.5, 0.6) is 0 Å². The van der Waals surface area contributed by atoms with Gasteiger partial charge >= 0.3 is 5.97 Å². The zero-order valence-electron chi connectivity index (χ0n) is 18.8. The van der Waals surface area contributed by atoms with Crippen LogP contribution >= 0.6 is 0 Å². The highest BCUT2D eigenvalue weighted by atomic mass is 32.2. The van der Waals surface area contributed by atoms with Gasteiger partial charge < -0.3 is 4.74 Å². The van der Waals surface area contributed by atoms with Crippen LogP contribution in [0.4, 0.5) is 0 Å². The van der Waals surface area contributed by atoms with E-state index in [0.717, 1.165) is 31.5 Å². The minimum Gasteiger partial charge on any atom is -0.458 e. The predicted octanol–water partition coefficient (Wildman–Crippen LogP) is 4.50. The number of nitrogens with zero attached hydrogens (tertiary/aromatic N) is 1. The zero-order valence-corrected chi connectivity index (χ0v) is 19.6. The molecule has 1 aromatic carbocycles. The Bertz CT molecular complexity index is 852. The van der Waals surface area contributed by atoms with Gasteiger partial charge in [0.05, 0.1) is 4.90 Å². The Kier molecular flexibility index (Phi) is 6.70. The molecule has 0 bridgehead atoms. The third kappa shape index (κ3) is 5.28. The average Bonchev–Trinajstić information content (AvgIpc) is 3.07. The summed E-state index contributed by atoms with van der Waals surface area (Å²) in [5, 5.41) is 1.19. The van der Waals surface area contributed by atoms with E-state index < -0.39 is 32.4 Å². The molecule has 0 radical (unpaired) electrons. The summed E-state index contributed by atoms with van der Waals surface area (Å²) in [7, 11) is -3.69. The first-order valence-corrected chi connectivity index (χ1v) is 11.7. The highest BCUT2D eigenvalue weighted by Gasteiger charge is 2.54. The molecule has 0 aliphatic carbocycles. The second kappa shape index (κ2) is 8.23. The first kappa shape index (κ1) is 23.6. The van der Waals surface area contributed by atoms with Crippen molar-refractivity contribution in [2.24, 2.45) is 5.41 Å². The standard InChI is InChI=1S/C23H35NO4S/c1-18-10-12-19(13-11-18)29(26,27)17-14-23(21(2,3)4,24-15-8-9-16-24)20(25)28-22(5,6)7/h10-14,17H,8-9,15-16H2,1-7H3/b17-14+/t23-/m1/s1. The van der Waals surface area contributed by atoms with E-state index in [-0.39, 0.29) is 4.90 Å². The van der Waals surface area contributed by atoms with E-state index in [4.69, 9.17) is 4.74 Å². The van der Waals surface area contributed by atoms with Crippen molar-refractivity contribution in [1.82, 2.24) is 4.90 Å². The third-order valence-electron chi connectivity index (χ3n) is 5.30. The van der Waals surface area contributed by atoms with E-state index in [2.05, 4.69) is 4.90 Å². The molecule has 6 heteroatoms. The fraction of sp³-hybridized carbons (Fsp3) is 0.609. The second-order valence-corrected chi connectivity index (χ2v) is 11.7. The number of sulfone groups is 1. The SMILES string of the molecule is Cc1ccc(S(=O)(=O)/C=C/[C@](C(=O)OC(C)(C)C)(N2CCCC2)C(C)(C)C)cc1. The molecular weight excluding hydrogens is 386 g/mol. The molecule has 1 aromatic rings. The summed E-state index contributed by atoms with van der Waals surface area (Å²) in [4.78, 5) is 15.8. The zero-order chi connectivity index (χ0) is 22.1. The van der Waals surface area contributed by atoms with Crippen LogP contribution in [0.1, 0.15) is 59.9 Å². The lowest BCUT2D eigenvalue weighted by atomic mass is 9.72. The molecule has 0 aromatic heterocycles. The molecule has 0 spiro atoms. The largest absolute Gasteiger partial charge is 0.458 e. The molecule has 1 saturated heterocycles. The number of benzene rings is 1. The Morgan fingerprint density at radius 3 is 1.97 bits per heavy atom. The van der Waals surface area contributed by atoms with E-state index in [1.807, 2.05) is 48.5 Å². The molecule has 0 N–H and O–H groups in total. The molecule has 29 heavy (non-hydrogen) atoms.